The van der Waals surface area contributed by atoms with Gasteiger partial charge in [0.2, 0.25) is 0 Å². The van der Waals surface area contributed by atoms with Crippen molar-refractivity contribution in [2.75, 3.05) is 5.75 Å². The van der Waals surface area contributed by atoms with Gasteiger partial charge in [-0.25, -0.2) is 8.42 Å². The molecule has 0 amide bonds. The molecule has 0 radical (unpaired) electrons. The molecular formula is C7H13NO2S. The summed E-state index contributed by atoms with van der Waals surface area (Å²) in [7, 11) is -2.78. The Hall–Kier alpha value is -0.0900. The van der Waals surface area contributed by atoms with Crippen LogP contribution in [-0.2, 0) is 9.84 Å². The Kier molecular flexibility index (Phi) is 1.24. The molecule has 2 rings (SSSR count). The second-order valence-corrected chi connectivity index (χ2v) is 6.24. The molecule has 64 valence electrons. The highest BCUT2D eigenvalue weighted by Crippen LogP contribution is 2.56. The molecule has 1 saturated carbocycles. The largest absolute Gasteiger partial charge is 0.327 e. The smallest absolute Gasteiger partial charge is 0.153 e. The van der Waals surface area contributed by atoms with E-state index in [9.17, 15) is 8.42 Å². The lowest BCUT2D eigenvalue weighted by atomic mass is 10.00. The van der Waals surface area contributed by atoms with E-state index in [-0.39, 0.29) is 16.7 Å². The summed E-state index contributed by atoms with van der Waals surface area (Å²) in [5.41, 5.74) is 5.69. The minimum atomic E-state index is -2.78. The lowest BCUT2D eigenvalue weighted by Crippen LogP contribution is -2.24. The molecule has 2 N–H and O–H groups in total. The minimum Gasteiger partial charge on any atom is -0.327 e. The minimum absolute atomic E-state index is 0.0150. The summed E-state index contributed by atoms with van der Waals surface area (Å²) in [4.78, 5) is 0. The zero-order valence-corrected chi connectivity index (χ0v) is 7.39. The first kappa shape index (κ1) is 7.55. The fraction of sp³-hybridized carbons (Fsp3) is 1.00. The number of rotatable bonds is 0. The predicted octanol–water partition coefficient (Wildman–Crippen LogP) is -0.0892. The number of sulfone groups is 1. The third-order valence-electron chi connectivity index (χ3n) is 3.38. The zero-order chi connectivity index (χ0) is 8.28. The fourth-order valence-electron chi connectivity index (χ4n) is 2.18. The molecule has 0 aromatic carbocycles. The summed E-state index contributed by atoms with van der Waals surface area (Å²) in [6.07, 6.45) is 1.70. The van der Waals surface area contributed by atoms with Crippen LogP contribution >= 0.6 is 0 Å². The summed E-state index contributed by atoms with van der Waals surface area (Å²) in [5.74, 6) is 0.349. The maximum Gasteiger partial charge on any atom is 0.153 e. The molecule has 2 aliphatic rings. The summed E-state index contributed by atoms with van der Waals surface area (Å²) in [6.45, 7) is 1.80. The van der Waals surface area contributed by atoms with Gasteiger partial charge in [-0.05, 0) is 19.8 Å². The van der Waals surface area contributed by atoms with E-state index in [4.69, 9.17) is 5.73 Å². The van der Waals surface area contributed by atoms with E-state index in [1.165, 1.54) is 0 Å². The first-order valence-corrected chi connectivity index (χ1v) is 5.68. The highest BCUT2D eigenvalue weighted by atomic mass is 32.2. The van der Waals surface area contributed by atoms with E-state index in [0.29, 0.717) is 5.75 Å². The molecular weight excluding hydrogens is 162 g/mol. The Labute approximate surface area is 66.9 Å². The van der Waals surface area contributed by atoms with Gasteiger partial charge in [0.25, 0.3) is 0 Å². The van der Waals surface area contributed by atoms with Crippen LogP contribution in [0.5, 0.6) is 0 Å². The Morgan fingerprint density at radius 2 is 2.09 bits per heavy atom. The molecule has 4 heteroatoms. The van der Waals surface area contributed by atoms with Gasteiger partial charge in [0.05, 0.1) is 11.0 Å². The summed E-state index contributed by atoms with van der Waals surface area (Å²) >= 11 is 0. The molecule has 3 atom stereocenters. The van der Waals surface area contributed by atoms with Gasteiger partial charge in [-0.15, -0.1) is 0 Å². The second kappa shape index (κ2) is 1.80. The van der Waals surface area contributed by atoms with Crippen molar-refractivity contribution in [3.05, 3.63) is 0 Å². The highest BCUT2D eigenvalue weighted by molar-refractivity contribution is 7.92. The van der Waals surface area contributed by atoms with Crippen molar-refractivity contribution < 1.29 is 8.42 Å². The van der Waals surface area contributed by atoms with E-state index in [1.807, 2.05) is 0 Å². The first-order chi connectivity index (χ1) is 4.99. The third-order valence-corrected chi connectivity index (χ3v) is 5.70. The van der Waals surface area contributed by atoms with Crippen LogP contribution in [0.25, 0.3) is 0 Å². The Bertz CT molecular complexity index is 285. The maximum atomic E-state index is 11.3. The van der Waals surface area contributed by atoms with E-state index in [0.717, 1.165) is 12.8 Å². The zero-order valence-electron chi connectivity index (χ0n) is 6.58. The van der Waals surface area contributed by atoms with E-state index in [2.05, 4.69) is 0 Å². The van der Waals surface area contributed by atoms with Gasteiger partial charge >= 0.3 is 0 Å². The van der Waals surface area contributed by atoms with Gasteiger partial charge in [-0.2, -0.15) is 0 Å². The molecule has 1 spiro atoms. The van der Waals surface area contributed by atoms with Crippen LogP contribution in [0.3, 0.4) is 0 Å². The van der Waals surface area contributed by atoms with Crippen molar-refractivity contribution >= 4 is 9.84 Å². The average Bonchev–Trinajstić information content (AvgIpc) is 2.52. The van der Waals surface area contributed by atoms with Crippen LogP contribution in [0.1, 0.15) is 19.8 Å². The van der Waals surface area contributed by atoms with Gasteiger partial charge in [0.1, 0.15) is 0 Å². The van der Waals surface area contributed by atoms with Crippen LogP contribution in [0.4, 0.5) is 0 Å². The number of hydrogen-bond acceptors (Lipinski definition) is 3. The van der Waals surface area contributed by atoms with Crippen molar-refractivity contribution in [3.8, 4) is 0 Å². The normalized spacial score (nSPS) is 53.3. The SMILES string of the molecule is CC1C2(CCS1(=O)=O)CC2N. The molecule has 11 heavy (non-hydrogen) atoms. The van der Waals surface area contributed by atoms with Gasteiger partial charge < -0.3 is 5.73 Å². The van der Waals surface area contributed by atoms with Crippen molar-refractivity contribution in [1.29, 1.82) is 0 Å². The van der Waals surface area contributed by atoms with Gasteiger partial charge in [0, 0.05) is 11.5 Å². The molecule has 2 fully saturated rings. The van der Waals surface area contributed by atoms with Crippen LogP contribution in [0.15, 0.2) is 0 Å². The first-order valence-electron chi connectivity index (χ1n) is 3.96. The van der Waals surface area contributed by atoms with E-state index >= 15 is 0 Å². The monoisotopic (exact) mass is 175 g/mol. The van der Waals surface area contributed by atoms with Crippen LogP contribution in [0.2, 0.25) is 0 Å². The Morgan fingerprint density at radius 1 is 1.55 bits per heavy atom. The number of nitrogens with two attached hydrogens (primary N) is 1. The second-order valence-electron chi connectivity index (χ2n) is 3.80. The molecule has 0 aromatic heterocycles. The molecule has 1 aliphatic carbocycles. The van der Waals surface area contributed by atoms with Crippen LogP contribution < -0.4 is 5.73 Å². The van der Waals surface area contributed by atoms with Crippen molar-refractivity contribution in [2.24, 2.45) is 11.1 Å². The summed E-state index contributed by atoms with van der Waals surface area (Å²) < 4.78 is 22.6. The average molecular weight is 175 g/mol. The van der Waals surface area contributed by atoms with Crippen molar-refractivity contribution in [1.82, 2.24) is 0 Å². The van der Waals surface area contributed by atoms with Crippen LogP contribution in [-0.4, -0.2) is 25.5 Å². The number of hydrogen-bond donors (Lipinski definition) is 1. The molecule has 1 aliphatic heterocycles. The van der Waals surface area contributed by atoms with Crippen molar-refractivity contribution in [2.45, 2.75) is 31.1 Å². The summed E-state index contributed by atoms with van der Waals surface area (Å²) in [6, 6.07) is 0.148. The molecule has 0 bridgehead atoms. The van der Waals surface area contributed by atoms with Gasteiger partial charge in [-0.3, -0.25) is 0 Å². The third kappa shape index (κ3) is 0.796. The molecule has 3 unspecified atom stereocenters. The predicted molar refractivity (Wildman–Crippen MR) is 42.9 cm³/mol. The molecule has 3 nitrogen and oxygen atoms in total. The molecule has 1 saturated heterocycles. The Morgan fingerprint density at radius 3 is 2.27 bits per heavy atom. The van der Waals surface area contributed by atoms with Gasteiger partial charge in [0.15, 0.2) is 9.84 Å². The van der Waals surface area contributed by atoms with Crippen molar-refractivity contribution in [3.63, 3.8) is 0 Å². The Balaban J connectivity index is 2.34. The maximum absolute atomic E-state index is 11.3. The van der Waals surface area contributed by atoms with E-state index in [1.54, 1.807) is 6.92 Å². The van der Waals surface area contributed by atoms with Gasteiger partial charge in [-0.1, -0.05) is 0 Å². The standard InChI is InChI=1S/C7H13NO2S/c1-5-7(4-6(7)8)2-3-11(5,9)10/h5-6H,2-4,8H2,1H3. The van der Waals surface area contributed by atoms with Crippen LogP contribution in [0, 0.1) is 5.41 Å². The quantitative estimate of drug-likeness (QED) is 0.560. The topological polar surface area (TPSA) is 60.2 Å². The lowest BCUT2D eigenvalue weighted by Gasteiger charge is -2.11. The molecule has 1 heterocycles. The molecule has 0 aromatic rings. The fourth-order valence-corrected chi connectivity index (χ4v) is 4.30. The van der Waals surface area contributed by atoms with E-state index < -0.39 is 9.84 Å². The highest BCUT2D eigenvalue weighted by Gasteiger charge is 2.62. The lowest BCUT2D eigenvalue weighted by molar-refractivity contribution is 0.485. The summed E-state index contributed by atoms with van der Waals surface area (Å²) in [5, 5.41) is -0.190.